The molecule has 0 saturated heterocycles. The number of imidazole rings is 1. The summed E-state index contributed by atoms with van der Waals surface area (Å²) in [6.07, 6.45) is 7.88. The van der Waals surface area contributed by atoms with E-state index in [9.17, 15) is 4.79 Å². The molecular weight excluding hydrogens is 426 g/mol. The number of benzene rings is 3. The number of hydrogen-bond donors (Lipinski definition) is 0. The van der Waals surface area contributed by atoms with Crippen LogP contribution in [0.5, 0.6) is 0 Å². The molecule has 1 aromatic heterocycles. The van der Waals surface area contributed by atoms with Crippen LogP contribution in [0.1, 0.15) is 53.4 Å². The van der Waals surface area contributed by atoms with Crippen molar-refractivity contribution in [2.24, 2.45) is 0 Å². The molecule has 0 radical (unpaired) electrons. The molecule has 3 aromatic carbocycles. The van der Waals surface area contributed by atoms with Crippen molar-refractivity contribution in [3.63, 3.8) is 0 Å². The van der Waals surface area contributed by atoms with Crippen LogP contribution in [0.25, 0.3) is 11.0 Å². The molecule has 1 amide bonds. The van der Waals surface area contributed by atoms with Crippen molar-refractivity contribution >= 4 is 28.7 Å². The fraction of sp³-hybridized carbons (Fsp3) is 0.286. The average Bonchev–Trinajstić information content (AvgIpc) is 3.32. The summed E-state index contributed by atoms with van der Waals surface area (Å²) in [7, 11) is 1.96. The summed E-state index contributed by atoms with van der Waals surface area (Å²) in [6, 6.07) is 27.2. The van der Waals surface area contributed by atoms with E-state index in [0.717, 1.165) is 35.0 Å². The molecule has 1 unspecified atom stereocenters. The van der Waals surface area contributed by atoms with Gasteiger partial charge in [-0.3, -0.25) is 4.79 Å². The predicted molar refractivity (Wildman–Crippen MR) is 136 cm³/mol. The SMILES string of the molecule is CN(C(=O)c1ccc(C(Sc2ccccc2)n2cnc3ccccc32)cc1)C1CCCCC1. The normalized spacial score (nSPS) is 15.4. The van der Waals surface area contributed by atoms with E-state index in [4.69, 9.17) is 0 Å². The first kappa shape index (κ1) is 21.8. The maximum absolute atomic E-state index is 13.1. The van der Waals surface area contributed by atoms with Gasteiger partial charge in [0.15, 0.2) is 0 Å². The molecule has 33 heavy (non-hydrogen) atoms. The number of carbonyl (C=O) groups excluding carboxylic acids is 1. The average molecular weight is 456 g/mol. The monoisotopic (exact) mass is 455 g/mol. The van der Waals surface area contributed by atoms with E-state index in [1.54, 1.807) is 11.8 Å². The molecule has 1 fully saturated rings. The van der Waals surface area contributed by atoms with Gasteiger partial charge in [0.25, 0.3) is 5.91 Å². The zero-order valence-corrected chi connectivity index (χ0v) is 19.7. The van der Waals surface area contributed by atoms with Crippen molar-refractivity contribution < 1.29 is 4.79 Å². The molecule has 1 aliphatic rings. The van der Waals surface area contributed by atoms with Gasteiger partial charge in [0.1, 0.15) is 5.37 Å². The molecule has 4 aromatic rings. The highest BCUT2D eigenvalue weighted by molar-refractivity contribution is 7.99. The highest BCUT2D eigenvalue weighted by Gasteiger charge is 2.24. The van der Waals surface area contributed by atoms with Gasteiger partial charge in [0.05, 0.1) is 17.4 Å². The lowest BCUT2D eigenvalue weighted by Gasteiger charge is -2.31. The van der Waals surface area contributed by atoms with Crippen LogP contribution in [0.4, 0.5) is 0 Å². The molecule has 0 spiro atoms. The maximum Gasteiger partial charge on any atom is 0.253 e. The highest BCUT2D eigenvalue weighted by Crippen LogP contribution is 2.38. The molecule has 1 saturated carbocycles. The first-order chi connectivity index (χ1) is 16.2. The van der Waals surface area contributed by atoms with E-state index in [1.165, 1.54) is 24.2 Å². The fourth-order valence-corrected chi connectivity index (χ4v) is 5.85. The number of thioether (sulfide) groups is 1. The van der Waals surface area contributed by atoms with Crippen molar-refractivity contribution in [3.8, 4) is 0 Å². The van der Waals surface area contributed by atoms with Crippen LogP contribution in [0.15, 0.2) is 90.1 Å². The molecular formula is C28H29N3OS. The zero-order valence-electron chi connectivity index (χ0n) is 18.9. The topological polar surface area (TPSA) is 38.1 Å². The van der Waals surface area contributed by atoms with Crippen molar-refractivity contribution in [1.82, 2.24) is 14.5 Å². The lowest BCUT2D eigenvalue weighted by molar-refractivity contribution is 0.0696. The van der Waals surface area contributed by atoms with Crippen molar-refractivity contribution in [2.75, 3.05) is 7.05 Å². The minimum absolute atomic E-state index is 0.0139. The summed E-state index contributed by atoms with van der Waals surface area (Å²) in [5, 5.41) is 0.0139. The number of fused-ring (bicyclic) bond motifs is 1. The molecule has 0 N–H and O–H groups in total. The first-order valence-corrected chi connectivity index (χ1v) is 12.6. The van der Waals surface area contributed by atoms with E-state index in [2.05, 4.69) is 52.0 Å². The zero-order chi connectivity index (χ0) is 22.6. The van der Waals surface area contributed by atoms with E-state index in [1.807, 2.05) is 54.7 Å². The number of nitrogens with zero attached hydrogens (tertiary/aromatic N) is 3. The number of rotatable bonds is 6. The van der Waals surface area contributed by atoms with Gasteiger partial charge in [-0.2, -0.15) is 0 Å². The largest absolute Gasteiger partial charge is 0.339 e. The Bertz CT molecular complexity index is 1210. The lowest BCUT2D eigenvalue weighted by atomic mass is 9.94. The van der Waals surface area contributed by atoms with Crippen LogP contribution in [0.2, 0.25) is 0 Å². The fourth-order valence-electron chi connectivity index (χ4n) is 4.71. The van der Waals surface area contributed by atoms with Crippen molar-refractivity contribution in [2.45, 2.75) is 48.4 Å². The Hall–Kier alpha value is -3.05. The third-order valence-corrected chi connectivity index (χ3v) is 7.88. The molecule has 0 aliphatic heterocycles. The second kappa shape index (κ2) is 9.84. The van der Waals surface area contributed by atoms with Gasteiger partial charge in [-0.15, -0.1) is 0 Å². The second-order valence-corrected chi connectivity index (χ2v) is 9.91. The Morgan fingerprint density at radius 2 is 1.64 bits per heavy atom. The Morgan fingerprint density at radius 3 is 2.39 bits per heavy atom. The Morgan fingerprint density at radius 1 is 0.939 bits per heavy atom. The summed E-state index contributed by atoms with van der Waals surface area (Å²) in [6.45, 7) is 0. The summed E-state index contributed by atoms with van der Waals surface area (Å²) < 4.78 is 2.22. The number of carbonyl (C=O) groups is 1. The minimum Gasteiger partial charge on any atom is -0.339 e. The predicted octanol–water partition coefficient (Wildman–Crippen LogP) is 6.78. The minimum atomic E-state index is 0.0139. The van der Waals surface area contributed by atoms with Crippen molar-refractivity contribution in [1.29, 1.82) is 0 Å². The third-order valence-electron chi connectivity index (χ3n) is 6.61. The first-order valence-electron chi connectivity index (χ1n) is 11.7. The van der Waals surface area contributed by atoms with Gasteiger partial charge in [0.2, 0.25) is 0 Å². The molecule has 0 bridgehead atoms. The molecule has 168 valence electrons. The van der Waals surface area contributed by atoms with E-state index in [-0.39, 0.29) is 11.3 Å². The quantitative estimate of drug-likeness (QED) is 0.301. The van der Waals surface area contributed by atoms with Gasteiger partial charge in [-0.25, -0.2) is 4.98 Å². The molecule has 4 nitrogen and oxygen atoms in total. The van der Waals surface area contributed by atoms with Gasteiger partial charge < -0.3 is 9.47 Å². The molecule has 1 heterocycles. The molecule has 1 aliphatic carbocycles. The number of amides is 1. The van der Waals surface area contributed by atoms with Gasteiger partial charge in [0, 0.05) is 23.5 Å². The molecule has 1 atom stereocenters. The smallest absolute Gasteiger partial charge is 0.253 e. The van der Waals surface area contributed by atoms with Gasteiger partial charge in [-0.1, -0.05) is 73.5 Å². The number of hydrogen-bond acceptors (Lipinski definition) is 3. The molecule has 5 rings (SSSR count). The van der Waals surface area contributed by atoms with Crippen LogP contribution in [-0.2, 0) is 0 Å². The summed E-state index contributed by atoms with van der Waals surface area (Å²) in [5.41, 5.74) is 3.98. The van der Waals surface area contributed by atoms with Crippen LogP contribution in [-0.4, -0.2) is 33.4 Å². The van der Waals surface area contributed by atoms with Gasteiger partial charge in [-0.05, 0) is 54.8 Å². The van der Waals surface area contributed by atoms with Crippen LogP contribution < -0.4 is 0 Å². The van der Waals surface area contributed by atoms with Crippen LogP contribution in [0.3, 0.4) is 0 Å². The Labute approximate surface area is 199 Å². The van der Waals surface area contributed by atoms with E-state index in [0.29, 0.717) is 6.04 Å². The van der Waals surface area contributed by atoms with E-state index < -0.39 is 0 Å². The summed E-state index contributed by atoms with van der Waals surface area (Å²) in [4.78, 5) is 20.9. The Balaban J connectivity index is 1.44. The standard InChI is InChI=1S/C28H29N3OS/c1-30(23-10-4-2-5-11-23)27(32)21-16-18-22(19-17-21)28(33-24-12-6-3-7-13-24)31-20-29-25-14-8-9-15-26(25)31/h3,6-9,12-20,23,28H,2,4-5,10-11H2,1H3. The number of para-hydroxylation sites is 2. The van der Waals surface area contributed by atoms with E-state index >= 15 is 0 Å². The molecule has 5 heteroatoms. The Kier molecular flexibility index (Phi) is 6.49. The van der Waals surface area contributed by atoms with Gasteiger partial charge >= 0.3 is 0 Å². The second-order valence-electron chi connectivity index (χ2n) is 8.75. The van der Waals surface area contributed by atoms with Crippen molar-refractivity contribution in [3.05, 3.63) is 96.3 Å². The van der Waals surface area contributed by atoms with Crippen LogP contribution in [0, 0.1) is 0 Å². The lowest BCUT2D eigenvalue weighted by Crippen LogP contribution is -2.38. The highest BCUT2D eigenvalue weighted by atomic mass is 32.2. The summed E-state index contributed by atoms with van der Waals surface area (Å²) >= 11 is 1.79. The third kappa shape index (κ3) is 4.69. The number of aromatic nitrogens is 2. The summed E-state index contributed by atoms with van der Waals surface area (Å²) in [5.74, 6) is 0.119. The maximum atomic E-state index is 13.1. The van der Waals surface area contributed by atoms with Crippen LogP contribution >= 0.6 is 11.8 Å².